The third kappa shape index (κ3) is 4.77. The smallest absolute Gasteiger partial charge is 0.354 e. The van der Waals surface area contributed by atoms with Crippen molar-refractivity contribution in [1.82, 2.24) is 24.4 Å². The number of hydrogen-bond donors (Lipinski definition) is 1. The Kier molecular flexibility index (Phi) is 6.79. The molecule has 3 aromatic heterocycles. The van der Waals surface area contributed by atoms with Crippen molar-refractivity contribution in [2.45, 2.75) is 63.5 Å². The van der Waals surface area contributed by atoms with Crippen LogP contribution in [0.15, 0.2) is 48.7 Å². The third-order valence-corrected chi connectivity index (χ3v) is 8.94. The Hall–Kier alpha value is -3.73. The van der Waals surface area contributed by atoms with Crippen LogP contribution in [-0.2, 0) is 17.1 Å². The molecule has 0 amide bonds. The van der Waals surface area contributed by atoms with Crippen LogP contribution in [0.2, 0.25) is 5.02 Å². The van der Waals surface area contributed by atoms with Crippen LogP contribution in [0.1, 0.15) is 72.6 Å². The third-order valence-electron chi connectivity index (χ3n) is 8.71. The lowest BCUT2D eigenvalue weighted by Crippen LogP contribution is -2.37. The Balaban J connectivity index is 1.10. The highest BCUT2D eigenvalue weighted by molar-refractivity contribution is 6.30. The molecule has 2 fully saturated rings. The first kappa shape index (κ1) is 27.1. The van der Waals surface area contributed by atoms with Crippen molar-refractivity contribution in [3.63, 3.8) is 0 Å². The van der Waals surface area contributed by atoms with E-state index in [1.54, 1.807) is 18.3 Å². The topological polar surface area (TPSA) is 112 Å². The van der Waals surface area contributed by atoms with E-state index in [4.69, 9.17) is 30.8 Å². The number of piperidine rings is 1. The zero-order chi connectivity index (χ0) is 29.0. The van der Waals surface area contributed by atoms with Gasteiger partial charge in [0.1, 0.15) is 17.0 Å². The number of aromatic carboxylic acids is 1. The molecular formula is C31H32ClN5O5. The van der Waals surface area contributed by atoms with Crippen molar-refractivity contribution in [1.29, 1.82) is 0 Å². The van der Waals surface area contributed by atoms with Crippen molar-refractivity contribution in [2.24, 2.45) is 0 Å². The maximum Gasteiger partial charge on any atom is 0.354 e. The zero-order valence-electron chi connectivity index (χ0n) is 23.5. The van der Waals surface area contributed by atoms with Crippen molar-refractivity contribution in [2.75, 3.05) is 19.7 Å². The summed E-state index contributed by atoms with van der Waals surface area (Å²) in [5, 5.41) is 10.1. The lowest BCUT2D eigenvalue weighted by atomic mass is 9.88. The van der Waals surface area contributed by atoms with Gasteiger partial charge in [0.05, 0.1) is 23.7 Å². The number of likely N-dealkylation sites (tertiary alicyclic amines) is 1. The first-order valence-corrected chi connectivity index (χ1v) is 14.8. The van der Waals surface area contributed by atoms with E-state index in [2.05, 4.69) is 32.4 Å². The monoisotopic (exact) mass is 589 g/mol. The van der Waals surface area contributed by atoms with Gasteiger partial charge < -0.3 is 23.9 Å². The molecule has 3 aliphatic heterocycles. The van der Waals surface area contributed by atoms with Crippen LogP contribution >= 0.6 is 11.6 Å². The Morgan fingerprint density at radius 1 is 1.12 bits per heavy atom. The molecule has 0 saturated carbocycles. The molecule has 0 unspecified atom stereocenters. The SMILES string of the molecule is C[C@@H](c1nc2ccc(C(=O)O)nc2n1C[C@@H]1CCO1)N1CCC(c2cccc3c2O[C@@](C)(c2ccc(Cl)cn2)O3)CC1. The number of ether oxygens (including phenoxy) is 3. The van der Waals surface area contributed by atoms with Gasteiger partial charge in [0.2, 0.25) is 0 Å². The molecule has 0 bridgehead atoms. The molecule has 42 heavy (non-hydrogen) atoms. The molecule has 0 spiro atoms. The summed E-state index contributed by atoms with van der Waals surface area (Å²) in [7, 11) is 0. The highest BCUT2D eigenvalue weighted by Gasteiger charge is 2.42. The van der Waals surface area contributed by atoms with Crippen LogP contribution in [-0.4, -0.2) is 61.3 Å². The molecule has 10 nitrogen and oxygen atoms in total. The van der Waals surface area contributed by atoms with E-state index in [-0.39, 0.29) is 17.8 Å². The van der Waals surface area contributed by atoms with Gasteiger partial charge in [0.15, 0.2) is 22.8 Å². The summed E-state index contributed by atoms with van der Waals surface area (Å²) in [5.74, 6) is 0.643. The Morgan fingerprint density at radius 2 is 1.93 bits per heavy atom. The van der Waals surface area contributed by atoms with E-state index in [0.29, 0.717) is 34.3 Å². The summed E-state index contributed by atoms with van der Waals surface area (Å²) in [5.41, 5.74) is 3.13. The number of carbonyl (C=O) groups is 1. The van der Waals surface area contributed by atoms with Gasteiger partial charge in [-0.15, -0.1) is 0 Å². The number of pyridine rings is 2. The quantitative estimate of drug-likeness (QED) is 0.296. The number of fused-ring (bicyclic) bond motifs is 2. The second kappa shape index (κ2) is 10.5. The van der Waals surface area contributed by atoms with Gasteiger partial charge >= 0.3 is 5.97 Å². The second-order valence-electron chi connectivity index (χ2n) is 11.4. The van der Waals surface area contributed by atoms with E-state index < -0.39 is 11.8 Å². The van der Waals surface area contributed by atoms with Crippen molar-refractivity contribution < 1.29 is 24.1 Å². The van der Waals surface area contributed by atoms with E-state index in [9.17, 15) is 9.90 Å². The van der Waals surface area contributed by atoms with Crippen LogP contribution in [0.5, 0.6) is 11.5 Å². The lowest BCUT2D eigenvalue weighted by molar-refractivity contribution is -0.0722. The number of nitrogens with zero attached hydrogens (tertiary/aromatic N) is 5. The highest BCUT2D eigenvalue weighted by Crippen LogP contribution is 2.49. The standard InChI is InChI=1S/C31H32ClN5O5/c1-18(28-34-23-7-8-24(30(38)39)35-29(23)37(28)17-21-12-15-40-21)36-13-10-19(11-14-36)22-4-3-5-25-27(22)42-31(2,41-25)26-9-6-20(32)16-33-26/h3-9,16,18-19,21H,10-15,17H2,1-2H3,(H,38,39)/t18-,21-,31-/m0/s1. The van der Waals surface area contributed by atoms with Crippen LogP contribution in [0.3, 0.4) is 0 Å². The molecule has 218 valence electrons. The van der Waals surface area contributed by atoms with Crippen LogP contribution in [0.25, 0.3) is 11.2 Å². The first-order valence-electron chi connectivity index (χ1n) is 14.4. The predicted molar refractivity (Wildman–Crippen MR) is 155 cm³/mol. The number of halogens is 1. The normalized spacial score (nSPS) is 23.2. The Bertz CT molecular complexity index is 1650. The predicted octanol–water partition coefficient (Wildman–Crippen LogP) is 5.55. The maximum atomic E-state index is 11.6. The minimum atomic E-state index is -1.05. The summed E-state index contributed by atoms with van der Waals surface area (Å²) in [4.78, 5) is 27.9. The largest absolute Gasteiger partial charge is 0.477 e. The van der Waals surface area contributed by atoms with E-state index >= 15 is 0 Å². The van der Waals surface area contributed by atoms with Gasteiger partial charge in [0.25, 0.3) is 5.79 Å². The number of carboxylic acid groups (broad SMARTS) is 1. The molecule has 3 atom stereocenters. The van der Waals surface area contributed by atoms with Crippen molar-refractivity contribution in [3.05, 3.63) is 76.5 Å². The molecule has 0 radical (unpaired) electrons. The Morgan fingerprint density at radius 3 is 2.62 bits per heavy atom. The minimum Gasteiger partial charge on any atom is -0.477 e. The number of aromatic nitrogens is 4. The molecule has 0 aliphatic carbocycles. The lowest BCUT2D eigenvalue weighted by Gasteiger charge is -2.36. The number of rotatable bonds is 7. The van der Waals surface area contributed by atoms with Gasteiger partial charge in [-0.2, -0.15) is 0 Å². The maximum absolute atomic E-state index is 11.6. The average Bonchev–Trinajstić information content (AvgIpc) is 3.52. The summed E-state index contributed by atoms with van der Waals surface area (Å²) >= 11 is 6.05. The fraction of sp³-hybridized carbons (Fsp3) is 0.419. The molecule has 11 heteroatoms. The van der Waals surface area contributed by atoms with Gasteiger partial charge in [0, 0.05) is 25.3 Å². The average molecular weight is 590 g/mol. The van der Waals surface area contributed by atoms with Crippen LogP contribution in [0, 0.1) is 0 Å². The second-order valence-corrected chi connectivity index (χ2v) is 11.8. The highest BCUT2D eigenvalue weighted by atomic mass is 35.5. The molecule has 7 rings (SSSR count). The molecule has 3 aliphatic rings. The summed E-state index contributed by atoms with van der Waals surface area (Å²) < 4.78 is 20.5. The van der Waals surface area contributed by atoms with Crippen molar-refractivity contribution in [3.8, 4) is 11.5 Å². The summed E-state index contributed by atoms with van der Waals surface area (Å²) in [6.45, 7) is 7.16. The zero-order valence-corrected chi connectivity index (χ0v) is 24.3. The molecular weight excluding hydrogens is 558 g/mol. The van der Waals surface area contributed by atoms with E-state index in [0.717, 1.165) is 61.8 Å². The van der Waals surface area contributed by atoms with Gasteiger partial charge in [-0.05, 0) is 75.5 Å². The molecule has 4 aromatic rings. The molecule has 1 aromatic carbocycles. The van der Waals surface area contributed by atoms with Crippen LogP contribution < -0.4 is 9.47 Å². The molecule has 2 saturated heterocycles. The number of imidazole rings is 1. The molecule has 1 N–H and O–H groups in total. The van der Waals surface area contributed by atoms with Gasteiger partial charge in [-0.25, -0.2) is 14.8 Å². The summed E-state index contributed by atoms with van der Waals surface area (Å²) in [6, 6.07) is 13.0. The number of para-hydroxylation sites is 1. The Labute approximate surface area is 248 Å². The minimum absolute atomic E-state index is 0.0164. The summed E-state index contributed by atoms with van der Waals surface area (Å²) in [6.07, 6.45) is 4.56. The number of hydrogen-bond acceptors (Lipinski definition) is 8. The van der Waals surface area contributed by atoms with E-state index in [1.807, 2.05) is 25.1 Å². The van der Waals surface area contributed by atoms with Gasteiger partial charge in [-0.1, -0.05) is 23.7 Å². The van der Waals surface area contributed by atoms with Crippen molar-refractivity contribution >= 4 is 28.7 Å². The molecule has 6 heterocycles. The van der Waals surface area contributed by atoms with E-state index in [1.165, 1.54) is 6.07 Å². The number of carboxylic acids is 1. The van der Waals surface area contributed by atoms with Gasteiger partial charge in [-0.3, -0.25) is 9.88 Å². The van der Waals surface area contributed by atoms with Crippen LogP contribution in [0.4, 0.5) is 0 Å². The fourth-order valence-corrected chi connectivity index (χ4v) is 6.36. The fourth-order valence-electron chi connectivity index (χ4n) is 6.25. The number of benzene rings is 1. The first-order chi connectivity index (χ1) is 20.3.